The van der Waals surface area contributed by atoms with E-state index in [0.717, 1.165) is 43.6 Å². The average molecular weight is 262 g/mol. The molecule has 4 nitrogen and oxygen atoms in total. The minimum absolute atomic E-state index is 0.736. The van der Waals surface area contributed by atoms with Gasteiger partial charge in [0.2, 0.25) is 0 Å². The summed E-state index contributed by atoms with van der Waals surface area (Å²) in [5.41, 5.74) is 6.41. The van der Waals surface area contributed by atoms with Crippen LogP contribution in [0.3, 0.4) is 0 Å². The molecule has 0 atom stereocenters. The third-order valence-corrected chi connectivity index (χ3v) is 4.12. The van der Waals surface area contributed by atoms with E-state index in [1.807, 2.05) is 12.1 Å². The van der Waals surface area contributed by atoms with Crippen molar-refractivity contribution in [3.63, 3.8) is 0 Å². The molecular formula is C15H26N4. The van der Waals surface area contributed by atoms with E-state index in [2.05, 4.69) is 28.6 Å². The Bertz CT molecular complexity index is 364. The SMILES string of the molecule is CCN(CC)CC1CCN(c2ccc(N)cn2)CC1. The van der Waals surface area contributed by atoms with E-state index >= 15 is 0 Å². The number of piperidine rings is 1. The smallest absolute Gasteiger partial charge is 0.128 e. The van der Waals surface area contributed by atoms with Crippen LogP contribution in [0.4, 0.5) is 11.5 Å². The fourth-order valence-electron chi connectivity index (χ4n) is 2.78. The van der Waals surface area contributed by atoms with E-state index in [1.165, 1.54) is 19.4 Å². The molecule has 19 heavy (non-hydrogen) atoms. The van der Waals surface area contributed by atoms with Gasteiger partial charge in [0.15, 0.2) is 0 Å². The first kappa shape index (κ1) is 14.1. The fourth-order valence-corrected chi connectivity index (χ4v) is 2.78. The molecule has 1 aromatic heterocycles. The van der Waals surface area contributed by atoms with Crippen LogP contribution in [0.15, 0.2) is 18.3 Å². The van der Waals surface area contributed by atoms with Gasteiger partial charge in [0, 0.05) is 19.6 Å². The third kappa shape index (κ3) is 3.83. The molecule has 1 saturated heterocycles. The Balaban J connectivity index is 1.83. The topological polar surface area (TPSA) is 45.4 Å². The normalized spacial score (nSPS) is 17.1. The van der Waals surface area contributed by atoms with Gasteiger partial charge in [-0.1, -0.05) is 13.8 Å². The van der Waals surface area contributed by atoms with Crippen molar-refractivity contribution >= 4 is 11.5 Å². The lowest BCUT2D eigenvalue weighted by atomic mass is 9.96. The number of pyridine rings is 1. The third-order valence-electron chi connectivity index (χ3n) is 4.12. The van der Waals surface area contributed by atoms with Crippen LogP contribution in [0.25, 0.3) is 0 Å². The van der Waals surface area contributed by atoms with Crippen molar-refractivity contribution in [1.82, 2.24) is 9.88 Å². The molecule has 4 heteroatoms. The zero-order chi connectivity index (χ0) is 13.7. The Morgan fingerprint density at radius 3 is 2.47 bits per heavy atom. The molecule has 0 bridgehead atoms. The maximum atomic E-state index is 5.68. The summed E-state index contributed by atoms with van der Waals surface area (Å²) in [6.07, 6.45) is 4.28. The maximum Gasteiger partial charge on any atom is 0.128 e. The molecular weight excluding hydrogens is 236 g/mol. The first-order valence-electron chi connectivity index (χ1n) is 7.41. The van der Waals surface area contributed by atoms with Crippen molar-refractivity contribution in [1.29, 1.82) is 0 Å². The predicted octanol–water partition coefficient (Wildman–Crippen LogP) is 2.22. The molecule has 1 aromatic rings. The van der Waals surface area contributed by atoms with E-state index in [0.29, 0.717) is 0 Å². The van der Waals surface area contributed by atoms with Crippen LogP contribution in [-0.2, 0) is 0 Å². The van der Waals surface area contributed by atoms with Crippen LogP contribution in [0.2, 0.25) is 0 Å². The number of nitrogens with two attached hydrogens (primary N) is 1. The minimum Gasteiger partial charge on any atom is -0.397 e. The number of rotatable bonds is 5. The Morgan fingerprint density at radius 1 is 1.26 bits per heavy atom. The van der Waals surface area contributed by atoms with Gasteiger partial charge < -0.3 is 15.5 Å². The van der Waals surface area contributed by atoms with Gasteiger partial charge in [-0.2, -0.15) is 0 Å². The lowest BCUT2D eigenvalue weighted by Gasteiger charge is -2.35. The highest BCUT2D eigenvalue weighted by Gasteiger charge is 2.21. The molecule has 1 aliphatic rings. The maximum absolute atomic E-state index is 5.68. The first-order valence-corrected chi connectivity index (χ1v) is 7.41. The molecule has 1 fully saturated rings. The first-order chi connectivity index (χ1) is 9.22. The van der Waals surface area contributed by atoms with Gasteiger partial charge in [-0.3, -0.25) is 0 Å². The van der Waals surface area contributed by atoms with Crippen molar-refractivity contribution in [2.24, 2.45) is 5.92 Å². The summed E-state index contributed by atoms with van der Waals surface area (Å²) in [5.74, 6) is 1.90. The van der Waals surface area contributed by atoms with Crippen molar-refractivity contribution in [2.45, 2.75) is 26.7 Å². The summed E-state index contributed by atoms with van der Waals surface area (Å²) in [7, 11) is 0. The lowest BCUT2D eigenvalue weighted by Crippen LogP contribution is -2.39. The van der Waals surface area contributed by atoms with Gasteiger partial charge in [0.25, 0.3) is 0 Å². The quantitative estimate of drug-likeness (QED) is 0.884. The van der Waals surface area contributed by atoms with Gasteiger partial charge in [-0.05, 0) is 44.0 Å². The zero-order valence-corrected chi connectivity index (χ0v) is 12.2. The van der Waals surface area contributed by atoms with Gasteiger partial charge in [-0.25, -0.2) is 4.98 Å². The van der Waals surface area contributed by atoms with Crippen LogP contribution < -0.4 is 10.6 Å². The molecule has 0 unspecified atom stereocenters. The van der Waals surface area contributed by atoms with Gasteiger partial charge >= 0.3 is 0 Å². The molecule has 2 heterocycles. The molecule has 2 N–H and O–H groups in total. The van der Waals surface area contributed by atoms with Gasteiger partial charge in [-0.15, -0.1) is 0 Å². The van der Waals surface area contributed by atoms with Crippen LogP contribution >= 0.6 is 0 Å². The van der Waals surface area contributed by atoms with E-state index in [4.69, 9.17) is 5.73 Å². The Hall–Kier alpha value is -1.29. The molecule has 0 aliphatic carbocycles. The van der Waals surface area contributed by atoms with Crippen LogP contribution in [0.1, 0.15) is 26.7 Å². The molecule has 0 spiro atoms. The highest BCUT2D eigenvalue weighted by molar-refractivity contribution is 5.45. The summed E-state index contributed by atoms with van der Waals surface area (Å²) in [6, 6.07) is 3.96. The standard InChI is InChI=1S/C15H26N4/c1-3-18(4-2)12-13-7-9-19(10-8-13)15-6-5-14(16)11-17-15/h5-6,11,13H,3-4,7-10,12,16H2,1-2H3. The second-order valence-corrected chi connectivity index (χ2v) is 5.37. The predicted molar refractivity (Wildman–Crippen MR) is 81.4 cm³/mol. The molecule has 2 rings (SSSR count). The second-order valence-electron chi connectivity index (χ2n) is 5.37. The monoisotopic (exact) mass is 262 g/mol. The van der Waals surface area contributed by atoms with E-state index < -0.39 is 0 Å². The number of hydrogen-bond donors (Lipinski definition) is 1. The molecule has 0 amide bonds. The lowest BCUT2D eigenvalue weighted by molar-refractivity contribution is 0.229. The summed E-state index contributed by atoms with van der Waals surface area (Å²) >= 11 is 0. The van der Waals surface area contributed by atoms with Crippen molar-refractivity contribution in [3.05, 3.63) is 18.3 Å². The molecule has 0 saturated carbocycles. The van der Waals surface area contributed by atoms with Crippen LogP contribution in [-0.4, -0.2) is 42.6 Å². The fraction of sp³-hybridized carbons (Fsp3) is 0.667. The summed E-state index contributed by atoms with van der Waals surface area (Å²) in [4.78, 5) is 9.31. The average Bonchev–Trinajstić information content (AvgIpc) is 2.46. The van der Waals surface area contributed by atoms with Crippen molar-refractivity contribution in [3.8, 4) is 0 Å². The second kappa shape index (κ2) is 6.75. The van der Waals surface area contributed by atoms with Gasteiger partial charge in [0.1, 0.15) is 5.82 Å². The van der Waals surface area contributed by atoms with Crippen LogP contribution in [0, 0.1) is 5.92 Å². The molecule has 106 valence electrons. The minimum atomic E-state index is 0.736. The largest absolute Gasteiger partial charge is 0.397 e. The summed E-state index contributed by atoms with van der Waals surface area (Å²) in [6.45, 7) is 10.3. The number of nitrogens with zero attached hydrogens (tertiary/aromatic N) is 3. The number of anilines is 2. The number of aromatic nitrogens is 1. The number of nitrogen functional groups attached to an aromatic ring is 1. The molecule has 0 aromatic carbocycles. The highest BCUT2D eigenvalue weighted by Crippen LogP contribution is 2.22. The van der Waals surface area contributed by atoms with Crippen molar-refractivity contribution in [2.75, 3.05) is 43.4 Å². The van der Waals surface area contributed by atoms with Crippen molar-refractivity contribution < 1.29 is 0 Å². The van der Waals surface area contributed by atoms with E-state index in [-0.39, 0.29) is 0 Å². The summed E-state index contributed by atoms with van der Waals surface area (Å²) in [5, 5.41) is 0. The number of hydrogen-bond acceptors (Lipinski definition) is 4. The molecule has 1 aliphatic heterocycles. The zero-order valence-electron chi connectivity index (χ0n) is 12.2. The van der Waals surface area contributed by atoms with Gasteiger partial charge in [0.05, 0.1) is 11.9 Å². The summed E-state index contributed by atoms with van der Waals surface area (Å²) < 4.78 is 0. The molecule has 0 radical (unpaired) electrons. The van der Waals surface area contributed by atoms with Crippen LogP contribution in [0.5, 0.6) is 0 Å². The van der Waals surface area contributed by atoms with E-state index in [1.54, 1.807) is 6.20 Å². The highest BCUT2D eigenvalue weighted by atomic mass is 15.2. The Labute approximate surface area is 116 Å². The Kier molecular flexibility index (Phi) is 5.02. The Morgan fingerprint density at radius 2 is 1.95 bits per heavy atom. The van der Waals surface area contributed by atoms with E-state index in [9.17, 15) is 0 Å².